The standard InChI is InChI=1S/C10H9N2O2S/c1-10(11-5-6-15-10)8-3-2-4-9(7-8)12(13)14/h2-3,5-7,11H,1H3. The van der Waals surface area contributed by atoms with Crippen molar-refractivity contribution in [1.29, 1.82) is 0 Å². The Morgan fingerprint density at radius 1 is 1.67 bits per heavy atom. The molecule has 4 nitrogen and oxygen atoms in total. The van der Waals surface area contributed by atoms with Gasteiger partial charge in [0.2, 0.25) is 0 Å². The fourth-order valence-electron chi connectivity index (χ4n) is 1.40. The number of thioether (sulfide) groups is 1. The molecule has 1 radical (unpaired) electrons. The van der Waals surface area contributed by atoms with Gasteiger partial charge in [0.15, 0.2) is 0 Å². The Balaban J connectivity index is 2.36. The predicted octanol–water partition coefficient (Wildman–Crippen LogP) is 2.38. The average molecular weight is 221 g/mol. The van der Waals surface area contributed by atoms with Crippen LogP contribution < -0.4 is 5.32 Å². The maximum absolute atomic E-state index is 10.6. The minimum absolute atomic E-state index is 0.00280. The molecular weight excluding hydrogens is 212 g/mol. The molecule has 0 aromatic heterocycles. The molecule has 77 valence electrons. The molecule has 0 aliphatic carbocycles. The summed E-state index contributed by atoms with van der Waals surface area (Å²) in [4.78, 5) is 9.87. The summed E-state index contributed by atoms with van der Waals surface area (Å²) >= 11 is 1.59. The Bertz CT molecular complexity index is 423. The smallest absolute Gasteiger partial charge is 0.277 e. The van der Waals surface area contributed by atoms with Gasteiger partial charge in [-0.2, -0.15) is 0 Å². The molecule has 1 unspecified atom stereocenters. The summed E-state index contributed by atoms with van der Waals surface area (Å²) in [5, 5.41) is 15.7. The molecule has 5 heteroatoms. The Morgan fingerprint density at radius 2 is 2.47 bits per heavy atom. The van der Waals surface area contributed by atoms with Crippen LogP contribution in [-0.4, -0.2) is 4.92 Å². The molecule has 1 atom stereocenters. The highest BCUT2D eigenvalue weighted by Crippen LogP contribution is 2.38. The van der Waals surface area contributed by atoms with Crippen molar-refractivity contribution < 1.29 is 4.92 Å². The van der Waals surface area contributed by atoms with E-state index >= 15 is 0 Å². The van der Waals surface area contributed by atoms with Gasteiger partial charge in [0.05, 0.1) is 11.0 Å². The fraction of sp³-hybridized carbons (Fsp3) is 0.200. The molecule has 1 aliphatic rings. The molecule has 15 heavy (non-hydrogen) atoms. The minimum atomic E-state index is -0.431. The van der Waals surface area contributed by atoms with E-state index in [0.29, 0.717) is 0 Å². The van der Waals surface area contributed by atoms with Crippen molar-refractivity contribution in [3.05, 3.63) is 51.6 Å². The van der Waals surface area contributed by atoms with Gasteiger partial charge in [-0.1, -0.05) is 17.8 Å². The van der Waals surface area contributed by atoms with Gasteiger partial charge in [0.25, 0.3) is 5.69 Å². The van der Waals surface area contributed by atoms with Crippen LogP contribution in [0, 0.1) is 16.2 Å². The summed E-state index contributed by atoms with van der Waals surface area (Å²) < 4.78 is 0. The zero-order chi connectivity index (χ0) is 10.9. The molecule has 0 amide bonds. The van der Waals surface area contributed by atoms with Crippen LogP contribution in [0.4, 0.5) is 5.69 Å². The number of rotatable bonds is 2. The lowest BCUT2D eigenvalue weighted by atomic mass is 10.1. The maximum Gasteiger partial charge on any atom is 0.277 e. The monoisotopic (exact) mass is 221 g/mol. The summed E-state index contributed by atoms with van der Waals surface area (Å²) in [7, 11) is 0. The van der Waals surface area contributed by atoms with Gasteiger partial charge in [-0.3, -0.25) is 10.1 Å². The van der Waals surface area contributed by atoms with Crippen molar-refractivity contribution in [2.45, 2.75) is 11.8 Å². The van der Waals surface area contributed by atoms with Crippen LogP contribution >= 0.6 is 11.8 Å². The molecule has 1 aromatic rings. The molecule has 1 aliphatic heterocycles. The molecule has 0 saturated heterocycles. The molecule has 1 N–H and O–H groups in total. The van der Waals surface area contributed by atoms with E-state index in [9.17, 15) is 10.1 Å². The van der Waals surface area contributed by atoms with Crippen LogP contribution in [0.1, 0.15) is 12.5 Å². The lowest BCUT2D eigenvalue weighted by Gasteiger charge is -2.24. The second-order valence-electron chi connectivity index (χ2n) is 3.32. The largest absolute Gasteiger partial charge is 0.373 e. The third-order valence-corrected chi connectivity index (χ3v) is 3.36. The Kier molecular flexibility index (Phi) is 2.40. The molecule has 2 rings (SSSR count). The predicted molar refractivity (Wildman–Crippen MR) is 59.2 cm³/mol. The van der Waals surface area contributed by atoms with Crippen LogP contribution in [0.5, 0.6) is 0 Å². The van der Waals surface area contributed by atoms with Crippen molar-refractivity contribution in [1.82, 2.24) is 5.32 Å². The SMILES string of the molecule is CC1(c2cc[c]c([N+](=O)[O-])c2)NC=CS1. The summed E-state index contributed by atoms with van der Waals surface area (Å²) in [5.74, 6) is 0. The first kappa shape index (κ1) is 10.0. The van der Waals surface area contributed by atoms with E-state index in [-0.39, 0.29) is 10.6 Å². The molecule has 0 saturated carbocycles. The highest BCUT2D eigenvalue weighted by Gasteiger charge is 2.29. The highest BCUT2D eigenvalue weighted by molar-refractivity contribution is 8.03. The van der Waals surface area contributed by atoms with Gasteiger partial charge >= 0.3 is 0 Å². The van der Waals surface area contributed by atoms with Gasteiger partial charge in [-0.05, 0) is 24.0 Å². The Hall–Kier alpha value is -1.49. The number of hydrogen-bond acceptors (Lipinski definition) is 4. The van der Waals surface area contributed by atoms with E-state index < -0.39 is 4.92 Å². The van der Waals surface area contributed by atoms with E-state index in [1.807, 2.05) is 24.6 Å². The number of nitrogens with one attached hydrogen (secondary N) is 1. The number of benzene rings is 1. The zero-order valence-corrected chi connectivity index (χ0v) is 8.88. The normalized spacial score (nSPS) is 23.8. The van der Waals surface area contributed by atoms with Crippen LogP contribution in [-0.2, 0) is 4.87 Å². The van der Waals surface area contributed by atoms with Gasteiger partial charge in [-0.15, -0.1) is 0 Å². The van der Waals surface area contributed by atoms with Crippen LogP contribution in [0.2, 0.25) is 0 Å². The van der Waals surface area contributed by atoms with E-state index in [0.717, 1.165) is 5.56 Å². The summed E-state index contributed by atoms with van der Waals surface area (Å²) in [6, 6.07) is 7.56. The van der Waals surface area contributed by atoms with E-state index in [4.69, 9.17) is 0 Å². The second kappa shape index (κ2) is 3.58. The van der Waals surface area contributed by atoms with E-state index in [2.05, 4.69) is 11.4 Å². The number of hydrogen-bond donors (Lipinski definition) is 1. The number of nitro groups is 1. The highest BCUT2D eigenvalue weighted by atomic mass is 32.2. The van der Waals surface area contributed by atoms with Gasteiger partial charge in [-0.25, -0.2) is 0 Å². The van der Waals surface area contributed by atoms with E-state index in [1.165, 1.54) is 0 Å². The Labute approximate surface area is 91.5 Å². The average Bonchev–Trinajstić information content (AvgIpc) is 2.67. The summed E-state index contributed by atoms with van der Waals surface area (Å²) in [6.45, 7) is 1.98. The minimum Gasteiger partial charge on any atom is -0.373 e. The fourth-order valence-corrected chi connectivity index (χ4v) is 2.21. The molecule has 0 spiro atoms. The third-order valence-electron chi connectivity index (χ3n) is 2.26. The first-order chi connectivity index (χ1) is 7.12. The lowest BCUT2D eigenvalue weighted by molar-refractivity contribution is -0.385. The first-order valence-electron chi connectivity index (χ1n) is 4.39. The molecule has 0 fully saturated rings. The van der Waals surface area contributed by atoms with Gasteiger partial charge < -0.3 is 5.32 Å². The third kappa shape index (κ3) is 1.83. The molecular formula is C10H9N2O2S. The molecule has 1 heterocycles. The maximum atomic E-state index is 10.6. The quantitative estimate of drug-likeness (QED) is 0.615. The summed E-state index contributed by atoms with van der Waals surface area (Å²) in [6.07, 6.45) is 1.84. The Morgan fingerprint density at radius 3 is 3.07 bits per heavy atom. The van der Waals surface area contributed by atoms with Crippen LogP contribution in [0.3, 0.4) is 0 Å². The number of non-ortho nitro benzene ring substituents is 1. The van der Waals surface area contributed by atoms with Crippen molar-refractivity contribution >= 4 is 17.4 Å². The van der Waals surface area contributed by atoms with Crippen LogP contribution in [0.15, 0.2) is 29.8 Å². The summed E-state index contributed by atoms with van der Waals surface area (Å²) in [5.41, 5.74) is 0.881. The lowest BCUT2D eigenvalue weighted by Crippen LogP contribution is -2.28. The topological polar surface area (TPSA) is 55.2 Å². The molecule has 0 bridgehead atoms. The zero-order valence-electron chi connectivity index (χ0n) is 8.06. The van der Waals surface area contributed by atoms with Crippen molar-refractivity contribution in [2.75, 3.05) is 0 Å². The first-order valence-corrected chi connectivity index (χ1v) is 5.27. The number of nitrogens with zero attached hydrogens (tertiary/aromatic N) is 1. The van der Waals surface area contributed by atoms with Gasteiger partial charge in [0, 0.05) is 12.3 Å². The number of nitro benzene ring substituents is 1. The van der Waals surface area contributed by atoms with E-state index in [1.54, 1.807) is 23.9 Å². The van der Waals surface area contributed by atoms with Crippen molar-refractivity contribution in [3.8, 4) is 0 Å². The van der Waals surface area contributed by atoms with Crippen LogP contribution in [0.25, 0.3) is 0 Å². The molecule has 1 aromatic carbocycles. The van der Waals surface area contributed by atoms with Gasteiger partial charge in [0.1, 0.15) is 4.87 Å². The van der Waals surface area contributed by atoms with Crippen molar-refractivity contribution in [3.63, 3.8) is 0 Å². The van der Waals surface area contributed by atoms with Crippen molar-refractivity contribution in [2.24, 2.45) is 0 Å². The second-order valence-corrected chi connectivity index (χ2v) is 4.64.